The highest BCUT2D eigenvalue weighted by atomic mass is 32.2. The van der Waals surface area contributed by atoms with E-state index in [0.717, 1.165) is 5.56 Å². The van der Waals surface area contributed by atoms with E-state index in [9.17, 15) is 14.7 Å². The Morgan fingerprint density at radius 3 is 2.30 bits per heavy atom. The molecule has 0 saturated carbocycles. The van der Waals surface area contributed by atoms with Gasteiger partial charge in [0.15, 0.2) is 5.78 Å². The highest BCUT2D eigenvalue weighted by molar-refractivity contribution is 8.00. The molecule has 0 N–H and O–H groups in total. The maximum absolute atomic E-state index is 12.4. The van der Waals surface area contributed by atoms with Crippen LogP contribution in [0.3, 0.4) is 0 Å². The Balaban J connectivity index is 2.15. The molecule has 0 saturated heterocycles. The molecule has 2 aromatic rings. The number of ether oxygens (including phenoxy) is 1. The molecule has 2 rings (SSSR count). The Kier molecular flexibility index (Phi) is 6.23. The van der Waals surface area contributed by atoms with Crippen molar-refractivity contribution in [2.75, 3.05) is 12.9 Å². The topological polar surface area (TPSA) is 66.4 Å². The summed E-state index contributed by atoms with van der Waals surface area (Å²) in [5.74, 6) is -0.594. The lowest BCUT2D eigenvalue weighted by molar-refractivity contribution is -0.301. The zero-order valence-electron chi connectivity index (χ0n) is 12.7. The number of rotatable bonds is 8. The molecule has 2 aromatic carbocycles. The fourth-order valence-electron chi connectivity index (χ4n) is 2.17. The van der Waals surface area contributed by atoms with Crippen molar-refractivity contribution in [2.45, 2.75) is 11.7 Å². The largest absolute Gasteiger partial charge is 0.549 e. The van der Waals surface area contributed by atoms with Gasteiger partial charge in [-0.1, -0.05) is 42.5 Å². The Bertz CT molecular complexity index is 652. The van der Waals surface area contributed by atoms with E-state index in [1.165, 1.54) is 11.8 Å². The second-order valence-corrected chi connectivity index (χ2v) is 6.13. The highest BCUT2D eigenvalue weighted by Gasteiger charge is 2.18. The van der Waals surface area contributed by atoms with Crippen molar-refractivity contribution < 1.29 is 19.4 Å². The summed E-state index contributed by atoms with van der Waals surface area (Å²) in [5, 5.41) is 10.5. The molecule has 0 unspecified atom stereocenters. The minimum absolute atomic E-state index is 0.0164. The van der Waals surface area contributed by atoms with Crippen LogP contribution < -0.4 is 9.84 Å². The van der Waals surface area contributed by atoms with Crippen molar-refractivity contribution in [3.8, 4) is 5.75 Å². The van der Waals surface area contributed by atoms with Crippen LogP contribution in [0.2, 0.25) is 0 Å². The fraction of sp³-hybridized carbons (Fsp3) is 0.222. The molecule has 23 heavy (non-hydrogen) atoms. The quantitative estimate of drug-likeness (QED) is 0.696. The predicted molar refractivity (Wildman–Crippen MR) is 88.6 cm³/mol. The van der Waals surface area contributed by atoms with E-state index in [1.807, 2.05) is 30.3 Å². The van der Waals surface area contributed by atoms with Gasteiger partial charge in [-0.05, 0) is 17.7 Å². The number of Topliss-reactive ketones (excluding diaryl/α,β-unsaturated/α-hetero) is 1. The molecule has 0 radical (unpaired) electrons. The number of thioether (sulfide) groups is 1. The number of benzene rings is 2. The molecular weight excluding hydrogens is 312 g/mol. The van der Waals surface area contributed by atoms with E-state index in [1.54, 1.807) is 31.4 Å². The van der Waals surface area contributed by atoms with Gasteiger partial charge in [-0.3, -0.25) is 4.79 Å². The number of ketones is 1. The molecule has 0 aliphatic rings. The smallest absolute Gasteiger partial charge is 0.164 e. The van der Waals surface area contributed by atoms with Gasteiger partial charge in [-0.15, -0.1) is 11.8 Å². The molecule has 1 atom stereocenters. The van der Waals surface area contributed by atoms with E-state index in [2.05, 4.69) is 0 Å². The van der Waals surface area contributed by atoms with E-state index in [0.29, 0.717) is 11.3 Å². The van der Waals surface area contributed by atoms with Crippen LogP contribution in [0.4, 0.5) is 0 Å². The van der Waals surface area contributed by atoms with Crippen LogP contribution in [-0.4, -0.2) is 24.6 Å². The standard InChI is InChI=1S/C18H18O4S/c1-22-15-9-7-14(8-10-15)17(23-12-18(20)21)11-16(19)13-5-3-2-4-6-13/h2-10,17H,11-12H2,1H3,(H,20,21)/p-1/t17-/m1/s1. The van der Waals surface area contributed by atoms with Crippen molar-refractivity contribution in [1.29, 1.82) is 0 Å². The summed E-state index contributed by atoms with van der Waals surface area (Å²) < 4.78 is 5.12. The molecule has 0 spiro atoms. The molecule has 0 bridgehead atoms. The summed E-state index contributed by atoms with van der Waals surface area (Å²) in [7, 11) is 1.58. The van der Waals surface area contributed by atoms with Gasteiger partial charge in [0.25, 0.3) is 0 Å². The van der Waals surface area contributed by atoms with Gasteiger partial charge in [0.1, 0.15) is 5.75 Å². The maximum atomic E-state index is 12.4. The van der Waals surface area contributed by atoms with Crippen LogP contribution >= 0.6 is 11.8 Å². The third kappa shape index (κ3) is 5.14. The summed E-state index contributed by atoms with van der Waals surface area (Å²) in [6, 6.07) is 16.3. The fourth-order valence-corrected chi connectivity index (χ4v) is 3.13. The first kappa shape index (κ1) is 17.1. The number of methoxy groups -OCH3 is 1. The van der Waals surface area contributed by atoms with Crippen molar-refractivity contribution in [2.24, 2.45) is 0 Å². The minimum atomic E-state index is -1.14. The van der Waals surface area contributed by atoms with Crippen LogP contribution in [0.1, 0.15) is 27.6 Å². The van der Waals surface area contributed by atoms with Gasteiger partial charge in [-0.25, -0.2) is 0 Å². The van der Waals surface area contributed by atoms with Crippen molar-refractivity contribution in [3.63, 3.8) is 0 Å². The number of carbonyl (C=O) groups excluding carboxylic acids is 2. The molecule has 0 aromatic heterocycles. The Morgan fingerprint density at radius 2 is 1.74 bits per heavy atom. The number of hydrogen-bond acceptors (Lipinski definition) is 5. The zero-order chi connectivity index (χ0) is 16.7. The van der Waals surface area contributed by atoms with Gasteiger partial charge in [-0.2, -0.15) is 0 Å². The number of carboxylic acids is 1. The number of carboxylic acid groups (broad SMARTS) is 1. The van der Waals surface area contributed by atoms with Gasteiger partial charge in [0, 0.05) is 23.0 Å². The van der Waals surface area contributed by atoms with Crippen LogP contribution in [-0.2, 0) is 4.79 Å². The summed E-state index contributed by atoms with van der Waals surface area (Å²) in [5.41, 5.74) is 1.52. The first-order valence-corrected chi connectivity index (χ1v) is 8.18. The average molecular weight is 329 g/mol. The minimum Gasteiger partial charge on any atom is -0.549 e. The van der Waals surface area contributed by atoms with E-state index in [-0.39, 0.29) is 23.2 Å². The summed E-state index contributed by atoms with van der Waals surface area (Å²) in [4.78, 5) is 23.1. The first-order valence-electron chi connectivity index (χ1n) is 7.14. The third-order valence-electron chi connectivity index (χ3n) is 3.36. The molecule has 0 amide bonds. The van der Waals surface area contributed by atoms with E-state index in [4.69, 9.17) is 4.74 Å². The van der Waals surface area contributed by atoms with Crippen molar-refractivity contribution in [3.05, 3.63) is 65.7 Å². The molecule has 0 fully saturated rings. The van der Waals surface area contributed by atoms with Gasteiger partial charge < -0.3 is 14.6 Å². The van der Waals surface area contributed by atoms with Crippen LogP contribution in [0.15, 0.2) is 54.6 Å². The lowest BCUT2D eigenvalue weighted by Crippen LogP contribution is -2.25. The average Bonchev–Trinajstić information content (AvgIpc) is 2.59. The Hall–Kier alpha value is -2.27. The molecule has 0 aliphatic carbocycles. The van der Waals surface area contributed by atoms with Crippen LogP contribution in [0.25, 0.3) is 0 Å². The van der Waals surface area contributed by atoms with Crippen LogP contribution in [0.5, 0.6) is 5.75 Å². The van der Waals surface area contributed by atoms with E-state index < -0.39 is 5.97 Å². The summed E-state index contributed by atoms with van der Waals surface area (Å²) >= 11 is 1.20. The summed E-state index contributed by atoms with van der Waals surface area (Å²) in [6.45, 7) is 0. The van der Waals surface area contributed by atoms with Gasteiger partial charge in [0.2, 0.25) is 0 Å². The molecule has 5 heteroatoms. The molecule has 0 aliphatic heterocycles. The van der Waals surface area contributed by atoms with Crippen LogP contribution in [0, 0.1) is 0 Å². The van der Waals surface area contributed by atoms with E-state index >= 15 is 0 Å². The summed E-state index contributed by atoms with van der Waals surface area (Å²) in [6.07, 6.45) is 0.230. The lowest BCUT2D eigenvalue weighted by Gasteiger charge is -2.17. The molecule has 4 nitrogen and oxygen atoms in total. The monoisotopic (exact) mass is 329 g/mol. The first-order chi connectivity index (χ1) is 11.1. The van der Waals surface area contributed by atoms with Crippen molar-refractivity contribution >= 4 is 23.5 Å². The maximum Gasteiger partial charge on any atom is 0.164 e. The lowest BCUT2D eigenvalue weighted by atomic mass is 10.0. The zero-order valence-corrected chi connectivity index (χ0v) is 13.5. The number of aliphatic carboxylic acids is 1. The molecule has 120 valence electrons. The second kappa shape index (κ2) is 8.39. The second-order valence-electron chi connectivity index (χ2n) is 4.94. The number of carbonyl (C=O) groups is 2. The normalized spacial score (nSPS) is 11.7. The predicted octanol–water partition coefficient (Wildman–Crippen LogP) is 2.49. The van der Waals surface area contributed by atoms with Gasteiger partial charge in [0.05, 0.1) is 13.1 Å². The molecule has 0 heterocycles. The third-order valence-corrected chi connectivity index (χ3v) is 4.60. The highest BCUT2D eigenvalue weighted by Crippen LogP contribution is 2.34. The Morgan fingerprint density at radius 1 is 1.09 bits per heavy atom. The molecular formula is C18H17O4S-. The SMILES string of the molecule is COc1ccc([C@@H](CC(=O)c2ccccc2)SCC(=O)[O-])cc1. The van der Waals surface area contributed by atoms with Crippen molar-refractivity contribution in [1.82, 2.24) is 0 Å². The van der Waals surface area contributed by atoms with Gasteiger partial charge >= 0.3 is 0 Å². The number of hydrogen-bond donors (Lipinski definition) is 0. The Labute approximate surface area is 139 Å².